The summed E-state index contributed by atoms with van der Waals surface area (Å²) in [5, 5.41) is 9.42. The number of thiophene rings is 1. The highest BCUT2D eigenvalue weighted by atomic mass is 32.1. The van der Waals surface area contributed by atoms with Crippen LogP contribution in [0.2, 0.25) is 0 Å². The molecule has 3 fully saturated rings. The number of ether oxygens (including phenoxy) is 1. The van der Waals surface area contributed by atoms with Gasteiger partial charge in [-0.1, -0.05) is 19.4 Å². The molecular formula is C20H31N3OS. The van der Waals surface area contributed by atoms with Crippen molar-refractivity contribution < 1.29 is 4.74 Å². The van der Waals surface area contributed by atoms with Crippen molar-refractivity contribution in [3.63, 3.8) is 0 Å². The zero-order valence-electron chi connectivity index (χ0n) is 15.5. The second-order valence-corrected chi connectivity index (χ2v) is 9.09. The number of nitrogens with zero attached hydrogens (tertiary/aromatic N) is 1. The van der Waals surface area contributed by atoms with Gasteiger partial charge in [-0.05, 0) is 50.0 Å². The van der Waals surface area contributed by atoms with Crippen molar-refractivity contribution >= 4 is 17.3 Å². The number of nitrogens with one attached hydrogen (secondary N) is 2. The van der Waals surface area contributed by atoms with Crippen LogP contribution in [-0.4, -0.2) is 37.8 Å². The molecule has 2 N–H and O–H groups in total. The predicted molar refractivity (Wildman–Crippen MR) is 104 cm³/mol. The van der Waals surface area contributed by atoms with Crippen molar-refractivity contribution in [2.75, 3.05) is 19.7 Å². The van der Waals surface area contributed by atoms with Crippen LogP contribution in [0.25, 0.3) is 0 Å². The molecule has 4 atom stereocenters. The van der Waals surface area contributed by atoms with Crippen LogP contribution in [0, 0.1) is 17.3 Å². The molecule has 1 spiro atoms. The molecule has 4 unspecified atom stereocenters. The van der Waals surface area contributed by atoms with Crippen molar-refractivity contribution in [1.82, 2.24) is 10.6 Å². The standard InChI is InChI=1S/C20H31N3OS/c1-3-21-19(22-13-14(2)12-15-6-4-11-25-15)23-17-16-7-10-24-18(16)20(17)8-5-9-20/h4,6,11,14,16-18H,3,5,7-10,12-13H2,1-2H3,(H2,21,22,23). The van der Waals surface area contributed by atoms with Gasteiger partial charge in [0.2, 0.25) is 0 Å². The van der Waals surface area contributed by atoms with Crippen LogP contribution in [-0.2, 0) is 11.2 Å². The number of hydrogen-bond acceptors (Lipinski definition) is 3. The Kier molecular flexibility index (Phi) is 5.05. The third-order valence-electron chi connectivity index (χ3n) is 6.36. The van der Waals surface area contributed by atoms with E-state index in [0.717, 1.165) is 32.1 Å². The van der Waals surface area contributed by atoms with Crippen LogP contribution in [0.4, 0.5) is 0 Å². The molecule has 0 radical (unpaired) electrons. The van der Waals surface area contributed by atoms with Crippen LogP contribution in [0.3, 0.4) is 0 Å². The van der Waals surface area contributed by atoms with Crippen molar-refractivity contribution in [2.45, 2.75) is 58.1 Å². The summed E-state index contributed by atoms with van der Waals surface area (Å²) < 4.78 is 6.04. The van der Waals surface area contributed by atoms with Gasteiger partial charge in [-0.2, -0.15) is 0 Å². The summed E-state index contributed by atoms with van der Waals surface area (Å²) in [4.78, 5) is 6.37. The molecule has 4 rings (SSSR count). The predicted octanol–water partition coefficient (Wildman–Crippen LogP) is 3.44. The van der Waals surface area contributed by atoms with E-state index in [4.69, 9.17) is 9.73 Å². The summed E-state index contributed by atoms with van der Waals surface area (Å²) in [6.07, 6.45) is 6.83. The highest BCUT2D eigenvalue weighted by Crippen LogP contribution is 2.62. The van der Waals surface area contributed by atoms with Crippen LogP contribution in [0.5, 0.6) is 0 Å². The summed E-state index contributed by atoms with van der Waals surface area (Å²) >= 11 is 1.85. The SMILES string of the molecule is CCNC(=NCC(C)Cc1cccs1)NC1C2CCOC2C12CCC2. The van der Waals surface area contributed by atoms with Gasteiger partial charge in [0.05, 0.1) is 6.10 Å². The molecule has 1 aliphatic heterocycles. The van der Waals surface area contributed by atoms with E-state index in [0.29, 0.717) is 29.4 Å². The van der Waals surface area contributed by atoms with Gasteiger partial charge in [-0.15, -0.1) is 11.3 Å². The Morgan fingerprint density at radius 1 is 1.48 bits per heavy atom. The van der Waals surface area contributed by atoms with Crippen LogP contribution >= 0.6 is 11.3 Å². The van der Waals surface area contributed by atoms with Gasteiger partial charge in [-0.25, -0.2) is 0 Å². The average Bonchev–Trinajstić information content (AvgIpc) is 3.19. The Morgan fingerprint density at radius 3 is 3.04 bits per heavy atom. The fraction of sp³-hybridized carbons (Fsp3) is 0.750. The summed E-state index contributed by atoms with van der Waals surface area (Å²) in [5.74, 6) is 2.26. The molecule has 138 valence electrons. The van der Waals surface area contributed by atoms with Crippen molar-refractivity contribution in [2.24, 2.45) is 22.2 Å². The lowest BCUT2D eigenvalue weighted by molar-refractivity contribution is -0.171. The first-order valence-corrected chi connectivity index (χ1v) is 10.8. The van der Waals surface area contributed by atoms with Gasteiger partial charge in [0, 0.05) is 41.9 Å². The molecule has 0 bridgehead atoms. The molecule has 0 amide bonds. The molecule has 5 heteroatoms. The Hall–Kier alpha value is -1.07. The van der Waals surface area contributed by atoms with E-state index in [-0.39, 0.29) is 0 Å². The van der Waals surface area contributed by atoms with E-state index in [9.17, 15) is 0 Å². The van der Waals surface area contributed by atoms with Gasteiger partial charge in [0.15, 0.2) is 5.96 Å². The summed E-state index contributed by atoms with van der Waals surface area (Å²) in [6, 6.07) is 4.92. The van der Waals surface area contributed by atoms with Gasteiger partial charge in [0.1, 0.15) is 0 Å². The lowest BCUT2D eigenvalue weighted by Gasteiger charge is -2.63. The topological polar surface area (TPSA) is 45.7 Å². The fourth-order valence-electron chi connectivity index (χ4n) is 5.01. The molecular weight excluding hydrogens is 330 g/mol. The van der Waals surface area contributed by atoms with E-state index in [1.807, 2.05) is 11.3 Å². The van der Waals surface area contributed by atoms with E-state index < -0.39 is 0 Å². The smallest absolute Gasteiger partial charge is 0.191 e. The molecule has 4 nitrogen and oxygen atoms in total. The Bertz CT molecular complexity index is 596. The van der Waals surface area contributed by atoms with Crippen LogP contribution in [0.1, 0.15) is 44.4 Å². The van der Waals surface area contributed by atoms with E-state index in [1.165, 1.54) is 30.6 Å². The molecule has 2 saturated carbocycles. The third-order valence-corrected chi connectivity index (χ3v) is 7.26. The normalized spacial score (nSPS) is 31.1. The van der Waals surface area contributed by atoms with E-state index >= 15 is 0 Å². The Balaban J connectivity index is 1.37. The number of fused-ring (bicyclic) bond motifs is 2. The Labute approximate surface area is 155 Å². The molecule has 25 heavy (non-hydrogen) atoms. The zero-order valence-corrected chi connectivity index (χ0v) is 16.3. The van der Waals surface area contributed by atoms with Crippen LogP contribution in [0.15, 0.2) is 22.5 Å². The van der Waals surface area contributed by atoms with Crippen molar-refractivity contribution in [3.8, 4) is 0 Å². The quantitative estimate of drug-likeness (QED) is 0.603. The lowest BCUT2D eigenvalue weighted by Crippen LogP contribution is -2.72. The molecule has 3 aliphatic rings. The second kappa shape index (κ2) is 7.28. The van der Waals surface area contributed by atoms with Crippen molar-refractivity contribution in [3.05, 3.63) is 22.4 Å². The first-order chi connectivity index (χ1) is 12.2. The van der Waals surface area contributed by atoms with Gasteiger partial charge in [0.25, 0.3) is 0 Å². The van der Waals surface area contributed by atoms with Gasteiger partial charge in [-0.3, -0.25) is 4.99 Å². The first kappa shape index (κ1) is 17.3. The highest BCUT2D eigenvalue weighted by Gasteiger charge is 2.66. The van der Waals surface area contributed by atoms with E-state index in [2.05, 4.69) is 42.0 Å². The molecule has 1 aromatic rings. The molecule has 1 saturated heterocycles. The second-order valence-electron chi connectivity index (χ2n) is 8.06. The number of rotatable bonds is 6. The number of guanidine groups is 1. The summed E-state index contributed by atoms with van der Waals surface area (Å²) in [5.41, 5.74) is 0.403. The molecule has 2 heterocycles. The van der Waals surface area contributed by atoms with Gasteiger partial charge < -0.3 is 15.4 Å². The first-order valence-electron chi connectivity index (χ1n) is 9.92. The van der Waals surface area contributed by atoms with Crippen molar-refractivity contribution in [1.29, 1.82) is 0 Å². The third kappa shape index (κ3) is 3.21. The fourth-order valence-corrected chi connectivity index (χ4v) is 5.88. The number of aliphatic imine (C=N–C) groups is 1. The lowest BCUT2D eigenvalue weighted by atomic mass is 9.46. The molecule has 0 aromatic carbocycles. The van der Waals surface area contributed by atoms with Crippen LogP contribution < -0.4 is 10.6 Å². The molecule has 2 aliphatic carbocycles. The molecule has 1 aromatic heterocycles. The number of hydrogen-bond donors (Lipinski definition) is 2. The largest absolute Gasteiger partial charge is 0.377 e. The summed E-state index contributed by atoms with van der Waals surface area (Å²) in [6.45, 7) is 7.17. The maximum atomic E-state index is 6.04. The Morgan fingerprint density at radius 2 is 2.36 bits per heavy atom. The van der Waals surface area contributed by atoms with E-state index in [1.54, 1.807) is 0 Å². The van der Waals surface area contributed by atoms with Gasteiger partial charge >= 0.3 is 0 Å². The highest BCUT2D eigenvalue weighted by molar-refractivity contribution is 7.09. The minimum Gasteiger partial charge on any atom is -0.377 e. The minimum absolute atomic E-state index is 0.403. The maximum absolute atomic E-state index is 6.04. The zero-order chi connectivity index (χ0) is 17.3. The average molecular weight is 362 g/mol. The minimum atomic E-state index is 0.403. The monoisotopic (exact) mass is 361 g/mol. The maximum Gasteiger partial charge on any atom is 0.191 e. The summed E-state index contributed by atoms with van der Waals surface area (Å²) in [7, 11) is 0.